The third-order valence-corrected chi connectivity index (χ3v) is 6.27. The average molecular weight is 299 g/mol. The van der Waals surface area contributed by atoms with Crippen LogP contribution in [0.25, 0.3) is 0 Å². The van der Waals surface area contributed by atoms with Crippen LogP contribution in [0.1, 0.15) is 32.8 Å². The molecule has 0 spiro atoms. The topological polar surface area (TPSA) is 20.2 Å². The van der Waals surface area contributed by atoms with Gasteiger partial charge in [-0.05, 0) is 29.9 Å². The standard InChI is InChI=1S/C16H26OS2/c1-4-18-16(19-5-2)13(3)15(17)12-11-14-9-7-6-8-10-14/h6-10,13,15-17H,4-5,11-12H2,1-3H3. The Labute approximate surface area is 126 Å². The average Bonchev–Trinajstić information content (AvgIpc) is 2.45. The summed E-state index contributed by atoms with van der Waals surface area (Å²) in [6.07, 6.45) is 1.62. The lowest BCUT2D eigenvalue weighted by Gasteiger charge is -2.26. The molecule has 0 saturated carbocycles. The van der Waals surface area contributed by atoms with Gasteiger partial charge >= 0.3 is 0 Å². The number of rotatable bonds is 9. The van der Waals surface area contributed by atoms with Crippen molar-refractivity contribution in [1.29, 1.82) is 0 Å². The third kappa shape index (κ3) is 6.24. The molecule has 1 aromatic carbocycles. The van der Waals surface area contributed by atoms with Crippen molar-refractivity contribution in [1.82, 2.24) is 0 Å². The number of benzene rings is 1. The summed E-state index contributed by atoms with van der Waals surface area (Å²) in [5.41, 5.74) is 1.32. The molecule has 0 aliphatic carbocycles. The van der Waals surface area contributed by atoms with Crippen LogP contribution in [0.4, 0.5) is 0 Å². The molecule has 0 amide bonds. The largest absolute Gasteiger partial charge is 0.393 e. The van der Waals surface area contributed by atoms with Gasteiger partial charge in [-0.3, -0.25) is 0 Å². The lowest BCUT2D eigenvalue weighted by molar-refractivity contribution is 0.115. The van der Waals surface area contributed by atoms with E-state index in [-0.39, 0.29) is 6.10 Å². The molecular formula is C16H26OS2. The van der Waals surface area contributed by atoms with E-state index in [0.29, 0.717) is 10.5 Å². The van der Waals surface area contributed by atoms with Gasteiger partial charge in [0, 0.05) is 5.92 Å². The third-order valence-electron chi connectivity index (χ3n) is 3.27. The molecule has 0 radical (unpaired) electrons. The van der Waals surface area contributed by atoms with E-state index in [1.807, 2.05) is 29.6 Å². The number of aliphatic hydroxyl groups is 1. The molecule has 1 rings (SSSR count). The predicted molar refractivity (Wildman–Crippen MR) is 90.0 cm³/mol. The molecule has 0 heterocycles. The fraction of sp³-hybridized carbons (Fsp3) is 0.625. The van der Waals surface area contributed by atoms with Crippen molar-refractivity contribution in [3.05, 3.63) is 35.9 Å². The molecule has 108 valence electrons. The first-order valence-electron chi connectivity index (χ1n) is 7.14. The van der Waals surface area contributed by atoms with E-state index in [0.717, 1.165) is 24.3 Å². The van der Waals surface area contributed by atoms with Crippen molar-refractivity contribution in [2.75, 3.05) is 11.5 Å². The van der Waals surface area contributed by atoms with E-state index in [1.54, 1.807) is 0 Å². The normalized spacial score (nSPS) is 14.6. The Morgan fingerprint density at radius 1 is 1.05 bits per heavy atom. The molecule has 1 nitrogen and oxygen atoms in total. The summed E-state index contributed by atoms with van der Waals surface area (Å²) in [4.78, 5) is 0. The molecule has 0 saturated heterocycles. The molecule has 1 aromatic rings. The van der Waals surface area contributed by atoms with Crippen molar-refractivity contribution < 1.29 is 5.11 Å². The highest BCUT2D eigenvalue weighted by molar-refractivity contribution is 8.17. The molecule has 1 N–H and O–H groups in total. The maximum atomic E-state index is 10.4. The van der Waals surface area contributed by atoms with Gasteiger partial charge in [0.15, 0.2) is 0 Å². The second-order valence-electron chi connectivity index (χ2n) is 4.73. The minimum atomic E-state index is -0.205. The van der Waals surface area contributed by atoms with Crippen molar-refractivity contribution in [3.8, 4) is 0 Å². The van der Waals surface area contributed by atoms with E-state index >= 15 is 0 Å². The Kier molecular flexibility index (Phi) is 8.67. The Balaban J connectivity index is 2.44. The van der Waals surface area contributed by atoms with Gasteiger partial charge in [0.1, 0.15) is 0 Å². The van der Waals surface area contributed by atoms with E-state index < -0.39 is 0 Å². The fourth-order valence-electron chi connectivity index (χ4n) is 2.08. The van der Waals surface area contributed by atoms with Gasteiger partial charge in [0.2, 0.25) is 0 Å². The first kappa shape index (κ1) is 16.9. The zero-order chi connectivity index (χ0) is 14.1. The smallest absolute Gasteiger partial charge is 0.0587 e. The van der Waals surface area contributed by atoms with Crippen LogP contribution in [0.3, 0.4) is 0 Å². The van der Waals surface area contributed by atoms with Gasteiger partial charge in [-0.15, -0.1) is 23.5 Å². The van der Waals surface area contributed by atoms with Crippen LogP contribution < -0.4 is 0 Å². The number of hydrogen-bond donors (Lipinski definition) is 1. The lowest BCUT2D eigenvalue weighted by Crippen LogP contribution is -2.26. The van der Waals surface area contributed by atoms with Gasteiger partial charge < -0.3 is 5.11 Å². The van der Waals surface area contributed by atoms with E-state index in [2.05, 4.69) is 45.0 Å². The zero-order valence-corrected chi connectivity index (χ0v) is 13.8. The van der Waals surface area contributed by atoms with Gasteiger partial charge in [-0.25, -0.2) is 0 Å². The summed E-state index contributed by atoms with van der Waals surface area (Å²) in [5.74, 6) is 2.58. The Bertz CT molecular complexity index is 323. The summed E-state index contributed by atoms with van der Waals surface area (Å²) >= 11 is 3.92. The molecular weight excluding hydrogens is 272 g/mol. The molecule has 0 aliphatic rings. The van der Waals surface area contributed by atoms with Gasteiger partial charge in [0.05, 0.1) is 10.7 Å². The van der Waals surface area contributed by atoms with Crippen LogP contribution in [0.15, 0.2) is 30.3 Å². The molecule has 0 bridgehead atoms. The highest BCUT2D eigenvalue weighted by Gasteiger charge is 2.23. The summed E-state index contributed by atoms with van der Waals surface area (Å²) in [6, 6.07) is 10.4. The van der Waals surface area contributed by atoms with Crippen molar-refractivity contribution in [3.63, 3.8) is 0 Å². The predicted octanol–water partition coefficient (Wildman–Crippen LogP) is 4.45. The van der Waals surface area contributed by atoms with Gasteiger partial charge in [-0.2, -0.15) is 0 Å². The Morgan fingerprint density at radius 2 is 1.63 bits per heavy atom. The van der Waals surface area contributed by atoms with Gasteiger partial charge in [0.25, 0.3) is 0 Å². The molecule has 0 aromatic heterocycles. The van der Waals surface area contributed by atoms with Crippen molar-refractivity contribution in [2.24, 2.45) is 5.92 Å². The second kappa shape index (κ2) is 9.73. The molecule has 2 atom stereocenters. The SMILES string of the molecule is CCSC(SCC)C(C)C(O)CCc1ccccc1. The molecule has 0 fully saturated rings. The minimum absolute atomic E-state index is 0.205. The van der Waals surface area contributed by atoms with Crippen LogP contribution in [0, 0.1) is 5.92 Å². The summed E-state index contributed by atoms with van der Waals surface area (Å²) < 4.78 is 0.515. The molecule has 19 heavy (non-hydrogen) atoms. The van der Waals surface area contributed by atoms with Crippen LogP contribution in [-0.4, -0.2) is 27.3 Å². The van der Waals surface area contributed by atoms with Gasteiger partial charge in [-0.1, -0.05) is 51.1 Å². The second-order valence-corrected chi connectivity index (χ2v) is 7.87. The van der Waals surface area contributed by atoms with E-state index in [9.17, 15) is 5.11 Å². The van der Waals surface area contributed by atoms with Crippen molar-refractivity contribution in [2.45, 2.75) is 44.3 Å². The quantitative estimate of drug-likeness (QED) is 0.680. The van der Waals surface area contributed by atoms with E-state index in [4.69, 9.17) is 0 Å². The summed E-state index contributed by atoms with van der Waals surface area (Å²) in [5, 5.41) is 10.4. The summed E-state index contributed by atoms with van der Waals surface area (Å²) in [6.45, 7) is 6.57. The molecule has 0 aliphatic heterocycles. The number of hydrogen-bond acceptors (Lipinski definition) is 3. The summed E-state index contributed by atoms with van der Waals surface area (Å²) in [7, 11) is 0. The van der Waals surface area contributed by atoms with Crippen molar-refractivity contribution >= 4 is 23.5 Å². The molecule has 2 unspecified atom stereocenters. The maximum Gasteiger partial charge on any atom is 0.0587 e. The number of aryl methyl sites for hydroxylation is 1. The fourth-order valence-corrected chi connectivity index (χ4v) is 4.91. The maximum absolute atomic E-state index is 10.4. The number of aliphatic hydroxyl groups excluding tert-OH is 1. The van der Waals surface area contributed by atoms with Crippen LogP contribution in [-0.2, 0) is 6.42 Å². The highest BCUT2D eigenvalue weighted by atomic mass is 32.2. The Hall–Kier alpha value is -0.120. The lowest BCUT2D eigenvalue weighted by atomic mass is 9.99. The zero-order valence-electron chi connectivity index (χ0n) is 12.2. The monoisotopic (exact) mass is 298 g/mol. The highest BCUT2D eigenvalue weighted by Crippen LogP contribution is 2.33. The van der Waals surface area contributed by atoms with Crippen LogP contribution in [0.5, 0.6) is 0 Å². The Morgan fingerprint density at radius 3 is 2.16 bits per heavy atom. The van der Waals surface area contributed by atoms with Crippen LogP contribution in [0.2, 0.25) is 0 Å². The van der Waals surface area contributed by atoms with E-state index in [1.165, 1.54) is 5.56 Å². The minimum Gasteiger partial charge on any atom is -0.393 e. The van der Waals surface area contributed by atoms with Crippen LogP contribution >= 0.6 is 23.5 Å². The first-order valence-corrected chi connectivity index (χ1v) is 9.24. The molecule has 3 heteroatoms. The first-order chi connectivity index (χ1) is 9.19. The number of thioether (sulfide) groups is 2.